The number of amidine groups is 1. The Hall–Kier alpha value is -2.57. The van der Waals surface area contributed by atoms with E-state index in [1.807, 2.05) is 0 Å². The zero-order valence-corrected chi connectivity index (χ0v) is 9.11. The third kappa shape index (κ3) is 1.89. The lowest BCUT2D eigenvalue weighted by Crippen LogP contribution is -2.19. The molecule has 2 aromatic heterocycles. The summed E-state index contributed by atoms with van der Waals surface area (Å²) in [5.74, 6) is 1.29. The topological polar surface area (TPSA) is 98.5 Å². The fourth-order valence-electron chi connectivity index (χ4n) is 1.43. The second-order valence-electron chi connectivity index (χ2n) is 3.14. The maximum absolute atomic E-state index is 8.66. The summed E-state index contributed by atoms with van der Waals surface area (Å²) in [6, 6.07) is 3.51. The van der Waals surface area contributed by atoms with Crippen molar-refractivity contribution in [3.8, 4) is 11.6 Å². The van der Waals surface area contributed by atoms with Crippen molar-refractivity contribution in [2.45, 2.75) is 0 Å². The van der Waals surface area contributed by atoms with Crippen LogP contribution >= 0.6 is 0 Å². The molecule has 2 heterocycles. The Labute approximate surface area is 97.2 Å². The molecular formula is C10H11N5O2. The van der Waals surface area contributed by atoms with Crippen molar-refractivity contribution < 1.29 is 9.94 Å². The number of nitrogens with two attached hydrogens (primary N) is 1. The molecular weight excluding hydrogens is 222 g/mol. The van der Waals surface area contributed by atoms with Gasteiger partial charge in [0.15, 0.2) is 17.4 Å². The minimum atomic E-state index is -0.0947. The molecule has 2 aromatic rings. The monoisotopic (exact) mass is 233 g/mol. The smallest absolute Gasteiger partial charge is 0.206 e. The number of oxime groups is 1. The van der Waals surface area contributed by atoms with Crippen molar-refractivity contribution in [2.24, 2.45) is 10.9 Å². The Morgan fingerprint density at radius 3 is 3.00 bits per heavy atom. The van der Waals surface area contributed by atoms with Crippen LogP contribution in [-0.2, 0) is 0 Å². The van der Waals surface area contributed by atoms with Gasteiger partial charge in [-0.3, -0.25) is 4.57 Å². The van der Waals surface area contributed by atoms with E-state index in [0.29, 0.717) is 17.4 Å². The van der Waals surface area contributed by atoms with E-state index in [2.05, 4.69) is 15.1 Å². The molecule has 2 rings (SSSR count). The number of imidazole rings is 1. The number of rotatable bonds is 3. The molecule has 0 aliphatic rings. The first-order chi connectivity index (χ1) is 8.27. The molecule has 0 saturated carbocycles. The van der Waals surface area contributed by atoms with E-state index in [-0.39, 0.29) is 5.84 Å². The van der Waals surface area contributed by atoms with Crippen LogP contribution in [0.3, 0.4) is 0 Å². The number of pyridine rings is 1. The highest BCUT2D eigenvalue weighted by atomic mass is 16.5. The number of ether oxygens (including phenoxy) is 1. The standard InChI is InChI=1S/C10H11N5O2/c1-17-7-3-2-4-12-9(7)15-6-5-13-10(15)8(11)14-16/h2-6,16H,1H3,(H2,11,14). The average molecular weight is 233 g/mol. The number of aromatic nitrogens is 3. The molecule has 0 radical (unpaired) electrons. The number of methoxy groups -OCH3 is 1. The summed E-state index contributed by atoms with van der Waals surface area (Å²) in [5.41, 5.74) is 5.52. The zero-order chi connectivity index (χ0) is 12.3. The van der Waals surface area contributed by atoms with Crippen molar-refractivity contribution in [3.05, 3.63) is 36.5 Å². The van der Waals surface area contributed by atoms with Crippen LogP contribution in [0.1, 0.15) is 5.82 Å². The summed E-state index contributed by atoms with van der Waals surface area (Å²) in [6.07, 6.45) is 4.80. The van der Waals surface area contributed by atoms with Gasteiger partial charge in [0, 0.05) is 18.6 Å². The fraction of sp³-hybridized carbons (Fsp3) is 0.100. The molecule has 0 aliphatic carbocycles. The van der Waals surface area contributed by atoms with E-state index >= 15 is 0 Å². The average Bonchev–Trinajstić information content (AvgIpc) is 2.86. The summed E-state index contributed by atoms with van der Waals surface area (Å²) in [4.78, 5) is 8.17. The molecule has 0 aromatic carbocycles. The lowest BCUT2D eigenvalue weighted by molar-refractivity contribution is 0.318. The van der Waals surface area contributed by atoms with Crippen LogP contribution in [-0.4, -0.2) is 32.7 Å². The quantitative estimate of drug-likeness (QED) is 0.345. The predicted molar refractivity (Wildman–Crippen MR) is 60.4 cm³/mol. The predicted octanol–water partition coefficient (Wildman–Crippen LogP) is 0.370. The van der Waals surface area contributed by atoms with Gasteiger partial charge in [0.05, 0.1) is 7.11 Å². The van der Waals surface area contributed by atoms with Gasteiger partial charge in [-0.15, -0.1) is 0 Å². The molecule has 0 fully saturated rings. The van der Waals surface area contributed by atoms with Gasteiger partial charge in [0.2, 0.25) is 5.84 Å². The number of nitrogens with zero attached hydrogens (tertiary/aromatic N) is 4. The molecule has 88 valence electrons. The largest absolute Gasteiger partial charge is 0.493 e. The molecule has 0 amide bonds. The van der Waals surface area contributed by atoms with Crippen molar-refractivity contribution in [3.63, 3.8) is 0 Å². The van der Waals surface area contributed by atoms with Gasteiger partial charge in [0.25, 0.3) is 0 Å². The van der Waals surface area contributed by atoms with Crippen molar-refractivity contribution in [2.75, 3.05) is 7.11 Å². The van der Waals surface area contributed by atoms with E-state index < -0.39 is 0 Å². The van der Waals surface area contributed by atoms with Gasteiger partial charge in [-0.05, 0) is 12.1 Å². The minimum absolute atomic E-state index is 0.0947. The summed E-state index contributed by atoms with van der Waals surface area (Å²) >= 11 is 0. The van der Waals surface area contributed by atoms with Crippen LogP contribution in [0.2, 0.25) is 0 Å². The lowest BCUT2D eigenvalue weighted by atomic mass is 10.4. The molecule has 3 N–H and O–H groups in total. The van der Waals surface area contributed by atoms with Crippen LogP contribution in [0.15, 0.2) is 35.9 Å². The molecule has 7 heteroatoms. The van der Waals surface area contributed by atoms with E-state index in [4.69, 9.17) is 15.7 Å². The highest BCUT2D eigenvalue weighted by molar-refractivity contribution is 5.94. The fourth-order valence-corrected chi connectivity index (χ4v) is 1.43. The highest BCUT2D eigenvalue weighted by Crippen LogP contribution is 2.20. The number of hydrogen-bond acceptors (Lipinski definition) is 5. The summed E-state index contributed by atoms with van der Waals surface area (Å²) in [7, 11) is 1.54. The summed E-state index contributed by atoms with van der Waals surface area (Å²) in [5, 5.41) is 11.6. The third-order valence-corrected chi connectivity index (χ3v) is 2.18. The Kier molecular flexibility index (Phi) is 2.91. The molecule has 0 aliphatic heterocycles. The Morgan fingerprint density at radius 2 is 2.29 bits per heavy atom. The SMILES string of the molecule is COc1cccnc1-n1ccnc1/C(N)=N/O. The number of hydrogen-bond donors (Lipinski definition) is 2. The van der Waals surface area contributed by atoms with Crippen molar-refractivity contribution in [1.29, 1.82) is 0 Å². The Morgan fingerprint density at radius 1 is 1.47 bits per heavy atom. The van der Waals surface area contributed by atoms with Gasteiger partial charge in [-0.25, -0.2) is 9.97 Å². The first-order valence-electron chi connectivity index (χ1n) is 4.78. The van der Waals surface area contributed by atoms with Gasteiger partial charge < -0.3 is 15.7 Å². The van der Waals surface area contributed by atoms with Crippen molar-refractivity contribution >= 4 is 5.84 Å². The van der Waals surface area contributed by atoms with Crippen LogP contribution in [0.4, 0.5) is 0 Å². The van der Waals surface area contributed by atoms with Crippen LogP contribution < -0.4 is 10.5 Å². The second kappa shape index (κ2) is 4.52. The molecule has 0 atom stereocenters. The maximum Gasteiger partial charge on any atom is 0.206 e. The summed E-state index contributed by atoms with van der Waals surface area (Å²) < 4.78 is 6.76. The van der Waals surface area contributed by atoms with Crippen LogP contribution in [0.25, 0.3) is 5.82 Å². The van der Waals surface area contributed by atoms with Gasteiger partial charge in [-0.2, -0.15) is 0 Å². The minimum Gasteiger partial charge on any atom is -0.493 e. The van der Waals surface area contributed by atoms with Crippen molar-refractivity contribution in [1.82, 2.24) is 14.5 Å². The first-order valence-corrected chi connectivity index (χ1v) is 4.78. The molecule has 0 saturated heterocycles. The maximum atomic E-state index is 8.66. The molecule has 0 spiro atoms. The molecule has 17 heavy (non-hydrogen) atoms. The normalized spacial score (nSPS) is 11.5. The van der Waals surface area contributed by atoms with E-state index in [1.165, 1.54) is 6.20 Å². The third-order valence-electron chi connectivity index (χ3n) is 2.18. The van der Waals surface area contributed by atoms with Crippen LogP contribution in [0, 0.1) is 0 Å². The van der Waals surface area contributed by atoms with E-state index in [9.17, 15) is 0 Å². The second-order valence-corrected chi connectivity index (χ2v) is 3.14. The van der Waals surface area contributed by atoms with Crippen LogP contribution in [0.5, 0.6) is 5.75 Å². The molecule has 0 bridgehead atoms. The van der Waals surface area contributed by atoms with E-state index in [1.54, 1.807) is 36.2 Å². The first kappa shape index (κ1) is 10.9. The summed E-state index contributed by atoms with van der Waals surface area (Å²) in [6.45, 7) is 0. The van der Waals surface area contributed by atoms with Gasteiger partial charge in [-0.1, -0.05) is 5.16 Å². The molecule has 0 unspecified atom stereocenters. The lowest BCUT2D eigenvalue weighted by Gasteiger charge is -2.09. The zero-order valence-electron chi connectivity index (χ0n) is 9.11. The Balaban J connectivity index is 2.57. The highest BCUT2D eigenvalue weighted by Gasteiger charge is 2.13. The van der Waals surface area contributed by atoms with E-state index in [0.717, 1.165) is 0 Å². The Bertz CT molecular complexity index is 549. The van der Waals surface area contributed by atoms with Gasteiger partial charge in [0.1, 0.15) is 0 Å². The molecule has 7 nitrogen and oxygen atoms in total. The van der Waals surface area contributed by atoms with Gasteiger partial charge >= 0.3 is 0 Å².